The standard InChI is InChI=1S/C104H139Cl2N9O34/c1-7-8-9-10-11-12-13-14-15-16-17-18-32-115-33-27-52(28-34-115)26-29-104(5)46-77(142-51(4)95(104)135)147-94-88(131)86(129)75(49-118)146-103(94)149-93-72-40-56-41-73(93)144-71-25-22-55(38-63(71)106)84(127)82-100(140)112-80(99(139)109-30-19-31-110-101(141)90(133)89(132)92(69(124)47-116)148-102-91(134)87(130)85(128)74(48-117)145-102)61-43-58(119)44-66(121)78(61)60-36-53(20-23-65(60)120)59(97(137)114-82)45-68(123)79(56)111-96(136)57(42-76(107)125)39-67(122)81(113-98(138)64(108-6)35-50(2)3)83(126)54-21-24-70(143-72)62(105)37-54/h20-25,27-28,33-34,36-38,40-41,43-44,50-51,57,59,64,69,74-75,77,79-92,94-95,102-103,108,116-118,124,126-135H,7-19,26,29-32,35,39,42,45-49H2,1-6H3,(H10-,107,109,110,111,112,113,114,119,120,121,125,136,137,138,139,140,141)/p+1/t51?,57?,59-,64?,69?,74?,75?,77?,79+,80-,81?,82?,83?,84?,85?,86?,87?,88?,89?,90?,91?,92?,94?,95?,102?,103?,104?/m0/s1. The highest BCUT2D eigenvalue weighted by Crippen LogP contribution is 2.52. The van der Waals surface area contributed by atoms with Crippen molar-refractivity contribution < 1.29 is 172 Å². The molecule has 26 N–H and O–H groups in total. The van der Waals surface area contributed by atoms with Crippen molar-refractivity contribution in [2.75, 3.05) is 40.0 Å². The molecule has 3 fully saturated rings. The third-order valence-corrected chi connectivity index (χ3v) is 28.8. The summed E-state index contributed by atoms with van der Waals surface area (Å²) in [6.45, 7) is 6.07. The first-order valence-electron chi connectivity index (χ1n) is 50.5. The number of pyridine rings is 1. The van der Waals surface area contributed by atoms with Gasteiger partial charge in [-0.25, -0.2) is 4.57 Å². The van der Waals surface area contributed by atoms with Crippen LogP contribution in [0.5, 0.6) is 46.0 Å². The van der Waals surface area contributed by atoms with E-state index in [1.807, 2.05) is 45.3 Å². The first-order chi connectivity index (χ1) is 71.0. The number of hydrogen-bond acceptors (Lipinski definition) is 35. The van der Waals surface area contributed by atoms with Crippen LogP contribution < -0.4 is 61.7 Å². The minimum absolute atomic E-state index is 0.0614. The number of amides is 7. The van der Waals surface area contributed by atoms with E-state index >= 15 is 28.8 Å². The molecule has 7 amide bonds. The van der Waals surface area contributed by atoms with Crippen molar-refractivity contribution in [2.45, 2.75) is 322 Å². The molecule has 1 aromatic heterocycles. The lowest BCUT2D eigenvalue weighted by Crippen LogP contribution is -2.62. The minimum Gasteiger partial charge on any atom is -0.508 e. The van der Waals surface area contributed by atoms with E-state index in [0.29, 0.717) is 12.8 Å². The number of Topliss-reactive ketones (excluding diaryl/α,β-unsaturated/α-hetero) is 2. The number of aromatic hydroxyl groups is 3. The summed E-state index contributed by atoms with van der Waals surface area (Å²) in [4.78, 5) is 136. The fraction of sp³-hybridized carbons (Fsp3) is 0.577. The van der Waals surface area contributed by atoms with Crippen LogP contribution in [0.25, 0.3) is 11.1 Å². The molecule has 5 aromatic carbocycles. The number of fused-ring (bicyclic) bond motifs is 15. The highest BCUT2D eigenvalue weighted by atomic mass is 35.5. The first kappa shape index (κ1) is 117. The predicted octanol–water partition coefficient (Wildman–Crippen LogP) is 2.79. The van der Waals surface area contributed by atoms with E-state index in [4.69, 9.17) is 66.8 Å². The minimum atomic E-state index is -2.53. The van der Waals surface area contributed by atoms with E-state index in [1.54, 1.807) is 6.92 Å². The number of nitrogens with two attached hydrogens (primary N) is 1. The van der Waals surface area contributed by atoms with E-state index < -0.39 is 337 Å². The Morgan fingerprint density at radius 1 is 0.617 bits per heavy atom. The number of ketones is 2. The summed E-state index contributed by atoms with van der Waals surface area (Å²) >= 11 is 14.6. The van der Waals surface area contributed by atoms with Gasteiger partial charge in [-0.2, -0.15) is 0 Å². The number of aliphatic hydroxyl groups excluding tert-OH is 14. The lowest BCUT2D eigenvalue weighted by molar-refractivity contribution is -0.697. The number of phenolic OH excluding ortho intramolecular Hbond substituents is 3. The van der Waals surface area contributed by atoms with E-state index in [1.165, 1.54) is 83.0 Å². The summed E-state index contributed by atoms with van der Waals surface area (Å²) in [5, 5.41) is 210. The summed E-state index contributed by atoms with van der Waals surface area (Å²) in [6, 6.07) is 8.28. The number of primary amides is 1. The van der Waals surface area contributed by atoms with Gasteiger partial charge in [-0.05, 0) is 140 Å². The Bertz CT molecular complexity index is 5600. The Balaban J connectivity index is 0.926. The molecular formula is C104H140Cl2N9O34+. The summed E-state index contributed by atoms with van der Waals surface area (Å²) < 4.78 is 53.0. The number of carbonyl (C=O) groups is 9. The third kappa shape index (κ3) is 29.3. The normalized spacial score (nSPS) is 27.8. The number of likely N-dealkylation sites (N-methyl/N-ethyl adjacent to an activating group) is 1. The summed E-state index contributed by atoms with van der Waals surface area (Å²) in [5.41, 5.74) is 3.15. The van der Waals surface area contributed by atoms with Crippen LogP contribution in [0.15, 0.2) is 103 Å². The molecule has 24 unspecified atom stereocenters. The summed E-state index contributed by atoms with van der Waals surface area (Å²) in [6.07, 6.45) is -20.2. The Hall–Kier alpha value is -10.5. The number of benzene rings is 5. The van der Waals surface area contributed by atoms with Gasteiger partial charge in [0.15, 0.2) is 60.2 Å². The van der Waals surface area contributed by atoms with Gasteiger partial charge in [0.2, 0.25) is 47.5 Å². The van der Waals surface area contributed by atoms with Gasteiger partial charge in [0, 0.05) is 79.9 Å². The molecule has 11 bridgehead atoms. The predicted molar refractivity (Wildman–Crippen MR) is 530 cm³/mol. The molecule has 149 heavy (non-hydrogen) atoms. The largest absolute Gasteiger partial charge is 0.508 e. The number of aliphatic hydroxyl groups is 14. The number of nitrogens with one attached hydrogen (secondary N) is 7. The number of aromatic nitrogens is 1. The van der Waals surface area contributed by atoms with Crippen molar-refractivity contribution in [3.8, 4) is 57.1 Å². The molecule has 45 heteroatoms. The molecule has 9 heterocycles. The van der Waals surface area contributed by atoms with Gasteiger partial charge in [0.1, 0.15) is 133 Å². The third-order valence-electron chi connectivity index (χ3n) is 28.2. The zero-order valence-electron chi connectivity index (χ0n) is 83.6. The van der Waals surface area contributed by atoms with Crippen LogP contribution in [0.1, 0.15) is 220 Å². The van der Waals surface area contributed by atoms with Crippen molar-refractivity contribution in [3.63, 3.8) is 0 Å². The van der Waals surface area contributed by atoms with Gasteiger partial charge in [-0.1, -0.05) is 133 Å². The fourth-order valence-corrected chi connectivity index (χ4v) is 20.0. The second-order valence-corrected chi connectivity index (χ2v) is 40.7. The highest BCUT2D eigenvalue weighted by Gasteiger charge is 2.54. The molecule has 43 nitrogen and oxygen atoms in total. The Morgan fingerprint density at radius 2 is 1.21 bits per heavy atom. The molecule has 818 valence electrons. The molecule has 6 aromatic rings. The Morgan fingerprint density at radius 3 is 1.81 bits per heavy atom. The SMILES string of the molecule is CCCCCCCCCCCCCC[n+]1ccc(CCC2(C)CC(OC3C(Oc4c5cc6cc4Oc4ccc(cc4Cl)C(O)C4NC(=O)[C@@H](CC(=O)[C@@H]6NC(=O)C(CC(N)=O)CC(=O)C(NC(=O)C(CC(C)C)NC)C(O)c6ccc(c(Cl)c6)O5)c5ccc(O)c(c5)-c5c(O)cc(O)cc5[C@@H](C(=O)NCCCNC(=O)C(O)C(O)C(OC5OC(CO)C(O)C(O)C5O)C(O)CO)NC4=O)OC(CO)C(O)C3O)OC(C)C2O)cc1. The number of phenols is 3. The molecule has 8 aliphatic rings. The lowest BCUT2D eigenvalue weighted by atomic mass is 9.73. The van der Waals surface area contributed by atoms with E-state index in [0.717, 1.165) is 92.0 Å². The lowest BCUT2D eigenvalue weighted by Gasteiger charge is -2.48. The number of hydrogen-bond donors (Lipinski definition) is 25. The van der Waals surface area contributed by atoms with Crippen LogP contribution in [-0.4, -0.2) is 302 Å². The van der Waals surface area contributed by atoms with Crippen LogP contribution in [0, 0.1) is 17.3 Å². The van der Waals surface area contributed by atoms with Gasteiger partial charge in [-0.15, -0.1) is 0 Å². The van der Waals surface area contributed by atoms with Gasteiger partial charge in [0.25, 0.3) is 5.91 Å². The van der Waals surface area contributed by atoms with Crippen LogP contribution in [0.3, 0.4) is 0 Å². The molecule has 0 spiro atoms. The monoisotopic (exact) mass is 2130 g/mol. The fourth-order valence-electron chi connectivity index (χ4n) is 19.6. The molecular weight excluding hydrogens is 1990 g/mol. The van der Waals surface area contributed by atoms with E-state index in [-0.39, 0.29) is 52.6 Å². The number of ether oxygens (including phenoxy) is 8. The summed E-state index contributed by atoms with van der Waals surface area (Å²) in [7, 11) is 1.48. The maximum atomic E-state index is 16.7. The molecule has 0 aliphatic carbocycles. The molecule has 0 saturated carbocycles. The summed E-state index contributed by atoms with van der Waals surface area (Å²) in [5.74, 6) is -20.2. The number of rotatable bonds is 41. The van der Waals surface area contributed by atoms with Gasteiger partial charge >= 0.3 is 0 Å². The van der Waals surface area contributed by atoms with Crippen molar-refractivity contribution in [1.29, 1.82) is 0 Å². The number of nitrogens with zero attached hydrogens (tertiary/aromatic N) is 1. The van der Waals surface area contributed by atoms with Crippen molar-refractivity contribution >= 4 is 76.1 Å². The molecule has 14 rings (SSSR count). The molecule has 3 saturated heterocycles. The second-order valence-electron chi connectivity index (χ2n) is 39.9. The van der Waals surface area contributed by atoms with Gasteiger partial charge < -0.3 is 168 Å². The van der Waals surface area contributed by atoms with Crippen LogP contribution in [0.2, 0.25) is 10.0 Å². The second kappa shape index (κ2) is 53.6. The van der Waals surface area contributed by atoms with Crippen LogP contribution >= 0.6 is 23.2 Å². The van der Waals surface area contributed by atoms with Crippen molar-refractivity contribution in [3.05, 3.63) is 147 Å². The number of unbranched alkanes of at least 4 members (excludes halogenated alkanes) is 11. The Kier molecular flexibility index (Phi) is 42.2. The van der Waals surface area contributed by atoms with Crippen LogP contribution in [-0.2, 0) is 79.8 Å². The quantitative estimate of drug-likeness (QED) is 0.0194. The number of carbonyl (C=O) groups excluding carboxylic acids is 9. The van der Waals surface area contributed by atoms with Gasteiger partial charge in [0.05, 0.1) is 60.0 Å². The maximum Gasteiger partial charge on any atom is 0.251 e. The van der Waals surface area contributed by atoms with Crippen molar-refractivity contribution in [1.82, 2.24) is 37.2 Å². The smallest absolute Gasteiger partial charge is 0.251 e. The molecule has 27 atom stereocenters. The zero-order valence-corrected chi connectivity index (χ0v) is 85.1. The topological polar surface area (TPSA) is 685 Å². The molecule has 8 aliphatic heterocycles. The van der Waals surface area contributed by atoms with Crippen LogP contribution in [0.4, 0.5) is 0 Å². The first-order valence-corrected chi connectivity index (χ1v) is 51.3. The highest BCUT2D eigenvalue weighted by molar-refractivity contribution is 6.32. The molecule has 0 radical (unpaired) electrons. The average molecular weight is 2130 g/mol. The maximum absolute atomic E-state index is 16.7. The van der Waals surface area contributed by atoms with Gasteiger partial charge in [-0.3, -0.25) is 43.2 Å². The van der Waals surface area contributed by atoms with E-state index in [2.05, 4.69) is 48.7 Å². The number of aryl methyl sites for hydroxylation is 2. The zero-order chi connectivity index (χ0) is 108. The number of halogens is 2. The average Bonchev–Trinajstić information content (AvgIpc) is 0.762. The van der Waals surface area contributed by atoms with Crippen molar-refractivity contribution in [2.24, 2.45) is 23.0 Å². The van der Waals surface area contributed by atoms with E-state index in [9.17, 15) is 101 Å². The Labute approximate surface area is 870 Å².